The average molecular weight is 194 g/mol. The maximum atomic E-state index is 3.81. The molecule has 0 saturated carbocycles. The molecule has 0 aromatic heterocycles. The molecule has 0 aromatic rings. The average Bonchev–Trinajstić information content (AvgIpc) is 2.06. The van der Waals surface area contributed by atoms with Gasteiger partial charge in [0.05, 0.1) is 0 Å². The summed E-state index contributed by atoms with van der Waals surface area (Å²) in [6, 6.07) is 0. The van der Waals surface area contributed by atoms with Crippen LogP contribution in [0.4, 0.5) is 0 Å². The van der Waals surface area contributed by atoms with E-state index in [1.807, 2.05) is 19.9 Å². The number of hydrogen-bond acceptors (Lipinski definition) is 0. The summed E-state index contributed by atoms with van der Waals surface area (Å²) in [7, 11) is 0. The van der Waals surface area contributed by atoms with Gasteiger partial charge >= 0.3 is 0 Å². The fraction of sp³-hybridized carbons (Fsp3) is 0.571. The van der Waals surface area contributed by atoms with Gasteiger partial charge in [-0.15, -0.1) is 0 Å². The predicted molar refractivity (Wildman–Crippen MR) is 68.5 cm³/mol. The summed E-state index contributed by atoms with van der Waals surface area (Å²) in [5.74, 6) is 0. The zero-order valence-corrected chi connectivity index (χ0v) is 10.9. The molecule has 0 nitrogen and oxygen atoms in total. The Morgan fingerprint density at radius 2 is 1.43 bits per heavy atom. The molecule has 0 radical (unpaired) electrons. The zero-order chi connectivity index (χ0) is 11.8. The summed E-state index contributed by atoms with van der Waals surface area (Å²) in [5, 5.41) is 0. The third-order valence-corrected chi connectivity index (χ3v) is 1.68. The Balaban J connectivity index is 0. The van der Waals surface area contributed by atoms with E-state index >= 15 is 0 Å². The van der Waals surface area contributed by atoms with Crippen LogP contribution in [0.5, 0.6) is 0 Å². The molecule has 0 heterocycles. The highest BCUT2D eigenvalue weighted by molar-refractivity contribution is 5.28. The summed E-state index contributed by atoms with van der Waals surface area (Å²) in [6.45, 7) is 18.6. The van der Waals surface area contributed by atoms with Crippen molar-refractivity contribution >= 4 is 0 Å². The van der Waals surface area contributed by atoms with Gasteiger partial charge in [-0.1, -0.05) is 65.0 Å². The number of rotatable bonds is 2. The van der Waals surface area contributed by atoms with E-state index in [0.717, 1.165) is 0 Å². The van der Waals surface area contributed by atoms with Crippen molar-refractivity contribution in [2.45, 2.75) is 48.5 Å². The molecule has 0 unspecified atom stereocenters. The molecule has 0 fully saturated rings. The number of hydrogen-bond donors (Lipinski definition) is 0. The summed E-state index contributed by atoms with van der Waals surface area (Å²) in [5.41, 5.74) is 2.80. The second-order valence-electron chi connectivity index (χ2n) is 4.32. The molecule has 0 N–H and O–H groups in total. The van der Waals surface area contributed by atoms with Crippen LogP contribution in [0.25, 0.3) is 0 Å². The van der Waals surface area contributed by atoms with Crippen LogP contribution < -0.4 is 0 Å². The van der Waals surface area contributed by atoms with E-state index in [2.05, 4.69) is 53.3 Å². The molecule has 0 heteroatoms. The van der Waals surface area contributed by atoms with Crippen LogP contribution in [0.15, 0.2) is 36.0 Å². The molecule has 82 valence electrons. The van der Waals surface area contributed by atoms with Crippen LogP contribution >= 0.6 is 0 Å². The Morgan fingerprint density at radius 1 is 1.00 bits per heavy atom. The van der Waals surface area contributed by atoms with Crippen LogP contribution in [0.1, 0.15) is 48.5 Å². The summed E-state index contributed by atoms with van der Waals surface area (Å²) in [4.78, 5) is 0. The van der Waals surface area contributed by atoms with Crippen molar-refractivity contribution < 1.29 is 0 Å². The Morgan fingerprint density at radius 3 is 1.64 bits per heavy atom. The fourth-order valence-electron chi connectivity index (χ4n) is 0.881. The van der Waals surface area contributed by atoms with Gasteiger partial charge in [-0.2, -0.15) is 0 Å². The number of allylic oxidation sites excluding steroid dienone is 5. The van der Waals surface area contributed by atoms with Crippen molar-refractivity contribution in [2.75, 3.05) is 0 Å². The minimum absolute atomic E-state index is 0.202. The highest BCUT2D eigenvalue weighted by Crippen LogP contribution is 2.25. The van der Waals surface area contributed by atoms with Gasteiger partial charge in [0.25, 0.3) is 0 Å². The minimum atomic E-state index is 0.202. The van der Waals surface area contributed by atoms with Gasteiger partial charge < -0.3 is 0 Å². The van der Waals surface area contributed by atoms with Crippen molar-refractivity contribution in [1.29, 1.82) is 0 Å². The highest BCUT2D eigenvalue weighted by atomic mass is 14.2. The second-order valence-corrected chi connectivity index (χ2v) is 4.32. The molecular formula is C14H26. The smallest absolute Gasteiger partial charge is 0.0132 e. The predicted octanol–water partition coefficient (Wildman–Crippen LogP) is 5.14. The largest absolute Gasteiger partial charge is 0.0988 e. The maximum absolute atomic E-state index is 3.81. The van der Waals surface area contributed by atoms with Crippen LogP contribution in [-0.4, -0.2) is 0 Å². The van der Waals surface area contributed by atoms with E-state index < -0.39 is 0 Å². The van der Waals surface area contributed by atoms with Gasteiger partial charge in [0.1, 0.15) is 0 Å². The molecule has 0 aliphatic carbocycles. The van der Waals surface area contributed by atoms with Gasteiger partial charge in [-0.05, 0) is 24.8 Å². The zero-order valence-electron chi connectivity index (χ0n) is 10.9. The van der Waals surface area contributed by atoms with Crippen LogP contribution in [-0.2, 0) is 0 Å². The Labute approximate surface area is 90.4 Å². The molecular weight excluding hydrogens is 168 g/mol. The monoisotopic (exact) mass is 194 g/mol. The maximum Gasteiger partial charge on any atom is -0.0132 e. The van der Waals surface area contributed by atoms with E-state index in [9.17, 15) is 0 Å². The summed E-state index contributed by atoms with van der Waals surface area (Å²) < 4.78 is 0. The summed E-state index contributed by atoms with van der Waals surface area (Å²) in [6.07, 6.45) is 6.20. The lowest BCUT2D eigenvalue weighted by Gasteiger charge is -2.19. The molecule has 14 heavy (non-hydrogen) atoms. The molecule has 0 rings (SSSR count). The van der Waals surface area contributed by atoms with Crippen molar-refractivity contribution in [3.63, 3.8) is 0 Å². The molecule has 0 atom stereocenters. The molecule has 0 aliphatic rings. The normalized spacial score (nSPS) is 11.2. The molecule has 0 aromatic carbocycles. The Hall–Kier alpha value is -0.780. The highest BCUT2D eigenvalue weighted by Gasteiger charge is 2.12. The second kappa shape index (κ2) is 7.61. The molecule has 0 bridgehead atoms. The van der Waals surface area contributed by atoms with Gasteiger partial charge in [-0.3, -0.25) is 0 Å². The fourth-order valence-corrected chi connectivity index (χ4v) is 0.881. The van der Waals surface area contributed by atoms with E-state index in [1.54, 1.807) is 0 Å². The van der Waals surface area contributed by atoms with Crippen LogP contribution in [0.3, 0.4) is 0 Å². The lowest BCUT2D eigenvalue weighted by Crippen LogP contribution is -2.06. The van der Waals surface area contributed by atoms with Crippen molar-refractivity contribution in [3.8, 4) is 0 Å². The first kappa shape index (κ1) is 15.7. The van der Waals surface area contributed by atoms with Gasteiger partial charge in [-0.25, -0.2) is 0 Å². The lowest BCUT2D eigenvalue weighted by atomic mass is 9.86. The standard InChI is InChI=1S/C12H20.C2H6/c1-7-11(12(4,5)6)9-8-10(2)3;1-2/h7-9H,1H2,2-6H3;1-2H3/b11-9+;. The van der Waals surface area contributed by atoms with Gasteiger partial charge in [0.15, 0.2) is 0 Å². The third kappa shape index (κ3) is 7.85. The van der Waals surface area contributed by atoms with Gasteiger partial charge in [0, 0.05) is 0 Å². The minimum Gasteiger partial charge on any atom is -0.0988 e. The van der Waals surface area contributed by atoms with Crippen LogP contribution in [0, 0.1) is 5.41 Å². The molecule has 0 saturated heterocycles. The topological polar surface area (TPSA) is 0 Å². The van der Waals surface area contributed by atoms with Crippen LogP contribution in [0.2, 0.25) is 0 Å². The molecule has 0 spiro atoms. The lowest BCUT2D eigenvalue weighted by molar-refractivity contribution is 0.517. The Kier molecular flexibility index (Phi) is 8.52. The first-order valence-corrected chi connectivity index (χ1v) is 5.36. The first-order valence-electron chi connectivity index (χ1n) is 5.36. The van der Waals surface area contributed by atoms with Crippen molar-refractivity contribution in [2.24, 2.45) is 5.41 Å². The third-order valence-electron chi connectivity index (χ3n) is 1.68. The molecule has 0 amide bonds. The van der Waals surface area contributed by atoms with E-state index in [-0.39, 0.29) is 5.41 Å². The molecule has 0 aliphatic heterocycles. The quantitative estimate of drug-likeness (QED) is 0.534. The SMILES string of the molecule is C=C/C(=C\C=C(C)C)C(C)(C)C.CC. The van der Waals surface area contributed by atoms with E-state index in [4.69, 9.17) is 0 Å². The Bertz CT molecular complexity index is 205. The summed E-state index contributed by atoms with van der Waals surface area (Å²) >= 11 is 0. The first-order chi connectivity index (χ1) is 6.38. The van der Waals surface area contributed by atoms with E-state index in [1.165, 1.54) is 11.1 Å². The van der Waals surface area contributed by atoms with Gasteiger partial charge in [0.2, 0.25) is 0 Å². The van der Waals surface area contributed by atoms with Crippen molar-refractivity contribution in [3.05, 3.63) is 36.0 Å². The van der Waals surface area contributed by atoms with Crippen molar-refractivity contribution in [1.82, 2.24) is 0 Å². The van der Waals surface area contributed by atoms with E-state index in [0.29, 0.717) is 0 Å².